The summed E-state index contributed by atoms with van der Waals surface area (Å²) in [5.41, 5.74) is 0.418. The van der Waals surface area contributed by atoms with Gasteiger partial charge in [0.15, 0.2) is 0 Å². The molecule has 110 valence electrons. The summed E-state index contributed by atoms with van der Waals surface area (Å²) in [4.78, 5) is 23.6. The number of carbonyl (C=O) groups is 2. The first-order valence-corrected chi connectivity index (χ1v) is 7.81. The number of halogens is 2. The summed E-state index contributed by atoms with van der Waals surface area (Å²) in [5.74, 6) is -1.11. The molecule has 0 saturated heterocycles. The van der Waals surface area contributed by atoms with E-state index in [1.54, 1.807) is 0 Å². The monoisotopic (exact) mass is 388 g/mol. The summed E-state index contributed by atoms with van der Waals surface area (Å²) in [6.07, 6.45) is 0. The van der Waals surface area contributed by atoms with Crippen molar-refractivity contribution in [2.45, 2.75) is 6.54 Å². The lowest BCUT2D eigenvalue weighted by Crippen LogP contribution is -2.27. The second-order valence-electron chi connectivity index (χ2n) is 4.04. The molecule has 2 amide bonds. The Morgan fingerprint density at radius 3 is 2.67 bits per heavy atom. The van der Waals surface area contributed by atoms with Gasteiger partial charge in [-0.1, -0.05) is 11.6 Å². The first-order chi connectivity index (χ1) is 9.95. The topological polar surface area (TPSA) is 78.4 Å². The van der Waals surface area contributed by atoms with Gasteiger partial charge in [0.2, 0.25) is 0 Å². The Hall–Kier alpha value is -1.57. The molecule has 0 atom stereocenters. The van der Waals surface area contributed by atoms with E-state index < -0.39 is 12.0 Å². The lowest BCUT2D eigenvalue weighted by Gasteiger charge is -2.08. The average Bonchev–Trinajstić information content (AvgIpc) is 2.82. The van der Waals surface area contributed by atoms with Crippen molar-refractivity contribution in [3.63, 3.8) is 0 Å². The maximum absolute atomic E-state index is 11.7. The average molecular weight is 390 g/mol. The van der Waals surface area contributed by atoms with Crippen molar-refractivity contribution < 1.29 is 14.7 Å². The minimum atomic E-state index is -1.11. The standard InChI is InChI=1S/C13H10BrClN2O3S/c14-7-3-9(21-6-7)5-16-13(20)17-8-1-2-10(12(18)19)11(15)4-8/h1-4,6H,5H2,(H,18,19)(H2,16,17,20). The summed E-state index contributed by atoms with van der Waals surface area (Å²) in [6.45, 7) is 0.406. The molecule has 2 rings (SSSR count). The van der Waals surface area contributed by atoms with Crippen molar-refractivity contribution in [3.8, 4) is 0 Å². The SMILES string of the molecule is O=C(NCc1cc(Br)cs1)Nc1ccc(C(=O)O)c(Cl)c1. The Kier molecular flexibility index (Phi) is 5.22. The molecule has 0 aliphatic heterocycles. The zero-order valence-corrected chi connectivity index (χ0v) is 13.7. The molecule has 0 radical (unpaired) electrons. The van der Waals surface area contributed by atoms with E-state index in [-0.39, 0.29) is 10.6 Å². The highest BCUT2D eigenvalue weighted by atomic mass is 79.9. The second kappa shape index (κ2) is 6.93. The summed E-state index contributed by atoms with van der Waals surface area (Å²) in [7, 11) is 0. The smallest absolute Gasteiger partial charge is 0.337 e. The number of thiophene rings is 1. The van der Waals surface area contributed by atoms with E-state index in [9.17, 15) is 9.59 Å². The molecule has 0 aliphatic rings. The number of aromatic carboxylic acids is 1. The molecule has 1 aromatic heterocycles. The molecule has 1 aromatic carbocycles. The third-order valence-electron chi connectivity index (χ3n) is 2.50. The predicted octanol–water partition coefficient (Wildman–Crippen LogP) is 4.18. The molecule has 1 heterocycles. The number of benzene rings is 1. The van der Waals surface area contributed by atoms with E-state index in [0.717, 1.165) is 9.35 Å². The Labute approximate surface area is 138 Å². The van der Waals surface area contributed by atoms with Crippen molar-refractivity contribution >= 4 is 56.6 Å². The van der Waals surface area contributed by atoms with Crippen molar-refractivity contribution in [3.05, 3.63) is 49.6 Å². The molecular weight excluding hydrogens is 380 g/mol. The van der Waals surface area contributed by atoms with Gasteiger partial charge >= 0.3 is 12.0 Å². The van der Waals surface area contributed by atoms with Crippen LogP contribution in [-0.4, -0.2) is 17.1 Å². The van der Waals surface area contributed by atoms with Gasteiger partial charge in [0.25, 0.3) is 0 Å². The van der Waals surface area contributed by atoms with E-state index in [0.29, 0.717) is 12.2 Å². The number of carboxylic acid groups (broad SMARTS) is 1. The van der Waals surface area contributed by atoms with Crippen LogP contribution in [0.1, 0.15) is 15.2 Å². The van der Waals surface area contributed by atoms with Crippen LogP contribution in [0.15, 0.2) is 34.1 Å². The van der Waals surface area contributed by atoms with Gasteiger partial charge in [0, 0.05) is 20.4 Å². The summed E-state index contributed by atoms with van der Waals surface area (Å²) in [5, 5.41) is 16.2. The number of carboxylic acids is 1. The first kappa shape index (κ1) is 15.8. The molecule has 3 N–H and O–H groups in total. The molecule has 0 fully saturated rings. The Morgan fingerprint density at radius 1 is 1.33 bits per heavy atom. The zero-order valence-electron chi connectivity index (χ0n) is 10.5. The maximum Gasteiger partial charge on any atom is 0.337 e. The lowest BCUT2D eigenvalue weighted by atomic mass is 10.2. The highest BCUT2D eigenvalue weighted by Gasteiger charge is 2.10. The number of nitrogens with one attached hydrogen (secondary N) is 2. The number of urea groups is 1. The van der Waals surface area contributed by atoms with Crippen LogP contribution in [0.25, 0.3) is 0 Å². The number of carbonyl (C=O) groups excluding carboxylic acids is 1. The third-order valence-corrected chi connectivity index (χ3v) is 4.51. The first-order valence-electron chi connectivity index (χ1n) is 5.76. The normalized spacial score (nSPS) is 10.2. The van der Waals surface area contributed by atoms with E-state index in [4.69, 9.17) is 16.7 Å². The van der Waals surface area contributed by atoms with Crippen molar-refractivity contribution in [2.75, 3.05) is 5.32 Å². The van der Waals surface area contributed by atoms with Crippen LogP contribution in [0.4, 0.5) is 10.5 Å². The fraction of sp³-hybridized carbons (Fsp3) is 0.0769. The van der Waals surface area contributed by atoms with E-state index in [2.05, 4.69) is 26.6 Å². The molecule has 0 bridgehead atoms. The lowest BCUT2D eigenvalue weighted by molar-refractivity contribution is 0.0697. The number of amides is 2. The molecule has 0 unspecified atom stereocenters. The summed E-state index contributed by atoms with van der Waals surface area (Å²) >= 11 is 10.7. The summed E-state index contributed by atoms with van der Waals surface area (Å²) < 4.78 is 0.973. The number of hydrogen-bond acceptors (Lipinski definition) is 3. The van der Waals surface area contributed by atoms with Gasteiger partial charge in [-0.05, 0) is 40.2 Å². The molecule has 5 nitrogen and oxygen atoms in total. The van der Waals surface area contributed by atoms with Crippen LogP contribution in [0.3, 0.4) is 0 Å². The van der Waals surface area contributed by atoms with Crippen LogP contribution in [0.5, 0.6) is 0 Å². The fourth-order valence-electron chi connectivity index (χ4n) is 1.56. The molecule has 21 heavy (non-hydrogen) atoms. The van der Waals surface area contributed by atoms with E-state index in [1.165, 1.54) is 29.5 Å². The van der Waals surface area contributed by atoms with Crippen molar-refractivity contribution in [2.24, 2.45) is 0 Å². The zero-order chi connectivity index (χ0) is 15.4. The molecule has 2 aromatic rings. The van der Waals surface area contributed by atoms with Crippen LogP contribution in [-0.2, 0) is 6.54 Å². The fourth-order valence-corrected chi connectivity index (χ4v) is 3.21. The van der Waals surface area contributed by atoms with Gasteiger partial charge < -0.3 is 15.7 Å². The number of rotatable bonds is 4. The van der Waals surface area contributed by atoms with Gasteiger partial charge in [-0.15, -0.1) is 11.3 Å². The second-order valence-corrected chi connectivity index (χ2v) is 6.36. The van der Waals surface area contributed by atoms with Gasteiger partial charge in [-0.3, -0.25) is 0 Å². The van der Waals surface area contributed by atoms with Crippen molar-refractivity contribution in [1.29, 1.82) is 0 Å². The number of anilines is 1. The Bertz CT molecular complexity index is 690. The quantitative estimate of drug-likeness (QED) is 0.734. The predicted molar refractivity (Wildman–Crippen MR) is 86.3 cm³/mol. The largest absolute Gasteiger partial charge is 0.478 e. The molecule has 0 saturated carbocycles. The van der Waals surface area contributed by atoms with Crippen LogP contribution in [0.2, 0.25) is 5.02 Å². The highest BCUT2D eigenvalue weighted by molar-refractivity contribution is 9.10. The molecule has 0 aliphatic carbocycles. The molecule has 0 spiro atoms. The van der Waals surface area contributed by atoms with E-state index >= 15 is 0 Å². The Morgan fingerprint density at radius 2 is 2.10 bits per heavy atom. The van der Waals surface area contributed by atoms with Crippen molar-refractivity contribution in [1.82, 2.24) is 5.32 Å². The molecule has 8 heteroatoms. The van der Waals surface area contributed by atoms with Gasteiger partial charge in [-0.2, -0.15) is 0 Å². The van der Waals surface area contributed by atoms with Gasteiger partial charge in [0.1, 0.15) is 0 Å². The minimum absolute atomic E-state index is 0.00828. The third kappa shape index (κ3) is 4.45. The van der Waals surface area contributed by atoms with Gasteiger partial charge in [0.05, 0.1) is 17.1 Å². The van der Waals surface area contributed by atoms with Crippen LogP contribution in [0, 0.1) is 0 Å². The summed E-state index contributed by atoms with van der Waals surface area (Å²) in [6, 6.07) is 5.75. The van der Waals surface area contributed by atoms with Crippen LogP contribution < -0.4 is 10.6 Å². The number of hydrogen-bond donors (Lipinski definition) is 3. The Balaban J connectivity index is 1.93. The van der Waals surface area contributed by atoms with Crippen LogP contribution >= 0.6 is 38.9 Å². The van der Waals surface area contributed by atoms with Gasteiger partial charge in [-0.25, -0.2) is 9.59 Å². The maximum atomic E-state index is 11.7. The molecular formula is C13H10BrClN2O3S. The highest BCUT2D eigenvalue weighted by Crippen LogP contribution is 2.21. The minimum Gasteiger partial charge on any atom is -0.478 e. The van der Waals surface area contributed by atoms with E-state index in [1.807, 2.05) is 11.4 Å².